The van der Waals surface area contributed by atoms with Crippen LogP contribution in [0.5, 0.6) is 5.75 Å². The summed E-state index contributed by atoms with van der Waals surface area (Å²) in [5, 5.41) is 2.57. The van der Waals surface area contributed by atoms with E-state index in [2.05, 4.69) is 5.32 Å². The number of amides is 3. The number of piperidine rings is 1. The Balaban J connectivity index is 1.37. The van der Waals surface area contributed by atoms with Gasteiger partial charge in [0.05, 0.1) is 18.8 Å². The molecule has 2 fully saturated rings. The smallest absolute Gasteiger partial charge is 0.410 e. The van der Waals surface area contributed by atoms with E-state index in [1.165, 1.54) is 11.0 Å². The zero-order valence-corrected chi connectivity index (χ0v) is 27.7. The van der Waals surface area contributed by atoms with Gasteiger partial charge < -0.3 is 29.3 Å². The number of benzene rings is 2. The molecular weight excluding hydrogens is 596 g/mol. The molecule has 46 heavy (non-hydrogen) atoms. The highest BCUT2D eigenvalue weighted by Gasteiger charge is 2.33. The molecule has 11 heteroatoms. The van der Waals surface area contributed by atoms with Crippen LogP contribution in [0.15, 0.2) is 42.5 Å². The highest BCUT2D eigenvalue weighted by Crippen LogP contribution is 2.29. The van der Waals surface area contributed by atoms with Gasteiger partial charge in [0.25, 0.3) is 0 Å². The van der Waals surface area contributed by atoms with Crippen molar-refractivity contribution in [2.24, 2.45) is 5.92 Å². The molecule has 252 valence electrons. The molecule has 0 bridgehead atoms. The molecule has 2 aliphatic rings. The van der Waals surface area contributed by atoms with Gasteiger partial charge in [-0.05, 0) is 102 Å². The molecule has 1 unspecified atom stereocenters. The fourth-order valence-corrected chi connectivity index (χ4v) is 5.76. The number of halogens is 2. The number of rotatable bonds is 9. The minimum absolute atomic E-state index is 0.0489. The minimum atomic E-state index is -1.12. The number of likely N-dealkylation sites (tertiary alicyclic amines) is 2. The number of ether oxygens (including phenoxy) is 3. The van der Waals surface area contributed by atoms with E-state index in [4.69, 9.17) is 14.2 Å². The van der Waals surface area contributed by atoms with E-state index in [9.17, 15) is 18.8 Å². The standard InChI is InChI=1S/C35H47F2N3O6/c1-22(2)44-34(43)39-16-13-24(14-17-39)23(3)45-29-11-9-25(10-12-29)26-7-8-27(30(37)19-26)20-31(38-33(42)46-35(4,5)6)32(41)40-18-15-28(36)21-40/h7-12,19,22-24,28,31H,13-18,20-21H2,1-6H3,(H,38,42)/t23?,28-,31-/m0/s1. The maximum Gasteiger partial charge on any atom is 0.410 e. The van der Waals surface area contributed by atoms with Crippen molar-refractivity contribution in [3.63, 3.8) is 0 Å². The summed E-state index contributed by atoms with van der Waals surface area (Å²) >= 11 is 0. The van der Waals surface area contributed by atoms with Gasteiger partial charge in [0.15, 0.2) is 0 Å². The zero-order valence-electron chi connectivity index (χ0n) is 27.7. The molecule has 3 atom stereocenters. The molecule has 0 aliphatic carbocycles. The first-order chi connectivity index (χ1) is 21.7. The van der Waals surface area contributed by atoms with Crippen LogP contribution in [0.2, 0.25) is 0 Å². The van der Waals surface area contributed by atoms with E-state index in [0.717, 1.165) is 18.4 Å². The Kier molecular flexibility index (Phi) is 11.5. The molecule has 0 radical (unpaired) electrons. The summed E-state index contributed by atoms with van der Waals surface area (Å²) in [6.45, 7) is 12.3. The number of carbonyl (C=O) groups excluding carboxylic acids is 3. The van der Waals surface area contributed by atoms with Crippen molar-refractivity contribution in [2.75, 3.05) is 26.2 Å². The number of alkyl halides is 1. The molecule has 2 aromatic carbocycles. The van der Waals surface area contributed by atoms with Gasteiger partial charge in [0, 0.05) is 26.1 Å². The second-order valence-electron chi connectivity index (χ2n) is 13.5. The molecule has 2 heterocycles. The number of nitrogens with zero attached hydrogens (tertiary/aromatic N) is 2. The van der Waals surface area contributed by atoms with Crippen LogP contribution in [0.4, 0.5) is 18.4 Å². The normalized spacial score (nSPS) is 18.7. The summed E-state index contributed by atoms with van der Waals surface area (Å²) in [6.07, 6.45) is -0.619. The third-order valence-electron chi connectivity index (χ3n) is 8.22. The predicted octanol–water partition coefficient (Wildman–Crippen LogP) is 6.52. The van der Waals surface area contributed by atoms with Crippen molar-refractivity contribution in [3.05, 3.63) is 53.8 Å². The first kappa shape index (κ1) is 35.0. The number of carbonyl (C=O) groups is 3. The van der Waals surface area contributed by atoms with Crippen molar-refractivity contribution < 1.29 is 37.4 Å². The van der Waals surface area contributed by atoms with Crippen molar-refractivity contribution in [1.29, 1.82) is 0 Å². The molecule has 0 aromatic heterocycles. The van der Waals surface area contributed by atoms with Gasteiger partial charge >= 0.3 is 12.2 Å². The summed E-state index contributed by atoms with van der Waals surface area (Å²) < 4.78 is 46.1. The summed E-state index contributed by atoms with van der Waals surface area (Å²) in [5.41, 5.74) is 0.882. The van der Waals surface area contributed by atoms with Crippen LogP contribution in [-0.2, 0) is 20.7 Å². The van der Waals surface area contributed by atoms with Gasteiger partial charge in [-0.1, -0.05) is 24.3 Å². The zero-order chi connectivity index (χ0) is 33.6. The molecule has 1 N–H and O–H groups in total. The first-order valence-corrected chi connectivity index (χ1v) is 16.1. The van der Waals surface area contributed by atoms with Gasteiger partial charge in [0.2, 0.25) is 5.91 Å². The lowest BCUT2D eigenvalue weighted by Gasteiger charge is -2.34. The lowest BCUT2D eigenvalue weighted by molar-refractivity contribution is -0.132. The van der Waals surface area contributed by atoms with Crippen molar-refractivity contribution in [3.8, 4) is 16.9 Å². The Morgan fingerprint density at radius 3 is 2.13 bits per heavy atom. The van der Waals surface area contributed by atoms with E-state index in [1.807, 2.05) is 45.0 Å². The van der Waals surface area contributed by atoms with E-state index in [-0.39, 0.29) is 49.8 Å². The largest absolute Gasteiger partial charge is 0.490 e. The van der Waals surface area contributed by atoms with E-state index < -0.39 is 35.6 Å². The third-order valence-corrected chi connectivity index (χ3v) is 8.22. The van der Waals surface area contributed by atoms with Crippen LogP contribution in [-0.4, -0.2) is 84.1 Å². The maximum atomic E-state index is 15.4. The second kappa shape index (κ2) is 15.1. The average Bonchev–Trinajstić information content (AvgIpc) is 3.42. The molecular formula is C35H47F2N3O6. The second-order valence-corrected chi connectivity index (χ2v) is 13.5. The number of hydrogen-bond donors (Lipinski definition) is 1. The van der Waals surface area contributed by atoms with Crippen LogP contribution >= 0.6 is 0 Å². The molecule has 2 aromatic rings. The number of hydrogen-bond acceptors (Lipinski definition) is 6. The average molecular weight is 644 g/mol. The lowest BCUT2D eigenvalue weighted by atomic mass is 9.92. The fraction of sp³-hybridized carbons (Fsp3) is 0.571. The van der Waals surface area contributed by atoms with Crippen LogP contribution < -0.4 is 10.1 Å². The summed E-state index contributed by atoms with van der Waals surface area (Å²) in [5.74, 6) is -0.00192. The van der Waals surface area contributed by atoms with Crippen molar-refractivity contribution in [1.82, 2.24) is 15.1 Å². The maximum absolute atomic E-state index is 15.4. The molecule has 0 saturated carbocycles. The molecule has 9 nitrogen and oxygen atoms in total. The lowest BCUT2D eigenvalue weighted by Crippen LogP contribution is -2.50. The SMILES string of the molecule is CC(C)OC(=O)N1CCC(C(C)Oc2ccc(-c3ccc(C[C@H](NC(=O)OC(C)(C)C)C(=O)N4CC[C@H](F)C4)c(F)c3)cc2)CC1. The van der Waals surface area contributed by atoms with Crippen LogP contribution in [0.25, 0.3) is 11.1 Å². The monoisotopic (exact) mass is 643 g/mol. The topological polar surface area (TPSA) is 97.4 Å². The van der Waals surface area contributed by atoms with Crippen LogP contribution in [0.1, 0.15) is 66.4 Å². The summed E-state index contributed by atoms with van der Waals surface area (Å²) in [4.78, 5) is 41.0. The first-order valence-electron chi connectivity index (χ1n) is 16.1. The molecule has 2 saturated heterocycles. The number of alkyl carbamates (subject to hydrolysis) is 1. The Morgan fingerprint density at radius 2 is 1.57 bits per heavy atom. The van der Waals surface area contributed by atoms with Gasteiger partial charge in [0.1, 0.15) is 29.4 Å². The number of nitrogens with one attached hydrogen (secondary N) is 1. The highest BCUT2D eigenvalue weighted by atomic mass is 19.1. The Bertz CT molecular complexity index is 1360. The summed E-state index contributed by atoms with van der Waals surface area (Å²) in [7, 11) is 0. The van der Waals surface area contributed by atoms with Gasteiger partial charge in [-0.15, -0.1) is 0 Å². The van der Waals surface area contributed by atoms with E-state index in [1.54, 1.807) is 37.8 Å². The van der Waals surface area contributed by atoms with Crippen molar-refractivity contribution in [2.45, 2.75) is 97.2 Å². The van der Waals surface area contributed by atoms with Crippen LogP contribution in [0, 0.1) is 11.7 Å². The van der Waals surface area contributed by atoms with E-state index >= 15 is 4.39 Å². The molecule has 2 aliphatic heterocycles. The van der Waals surface area contributed by atoms with Gasteiger partial charge in [-0.2, -0.15) is 0 Å². The summed E-state index contributed by atoms with van der Waals surface area (Å²) in [6, 6.07) is 11.1. The van der Waals surface area contributed by atoms with Gasteiger partial charge in [-0.25, -0.2) is 18.4 Å². The molecule has 0 spiro atoms. The van der Waals surface area contributed by atoms with E-state index in [0.29, 0.717) is 30.3 Å². The Morgan fingerprint density at radius 1 is 0.935 bits per heavy atom. The van der Waals surface area contributed by atoms with Gasteiger partial charge in [-0.3, -0.25) is 4.79 Å². The predicted molar refractivity (Wildman–Crippen MR) is 171 cm³/mol. The third kappa shape index (κ3) is 9.80. The van der Waals surface area contributed by atoms with Crippen molar-refractivity contribution >= 4 is 18.1 Å². The molecule has 3 amide bonds. The quantitative estimate of drug-likeness (QED) is 0.334. The van der Waals surface area contributed by atoms with Crippen LogP contribution in [0.3, 0.4) is 0 Å². The minimum Gasteiger partial charge on any atom is -0.490 e. The fourth-order valence-electron chi connectivity index (χ4n) is 5.76. The highest BCUT2D eigenvalue weighted by molar-refractivity contribution is 5.86. The Labute approximate surface area is 270 Å². The molecule has 4 rings (SSSR count). The Hall–Kier alpha value is -3.89.